The van der Waals surface area contributed by atoms with Gasteiger partial charge in [0.2, 0.25) is 5.91 Å². The Labute approximate surface area is 417 Å². The first-order chi connectivity index (χ1) is 32.5. The van der Waals surface area contributed by atoms with Gasteiger partial charge >= 0.3 is 0 Å². The van der Waals surface area contributed by atoms with Gasteiger partial charge in [0.25, 0.3) is 7.82 Å². The number of amides is 1. The van der Waals surface area contributed by atoms with E-state index in [1.165, 1.54) is 218 Å². The van der Waals surface area contributed by atoms with Gasteiger partial charge in [-0.1, -0.05) is 249 Å². The third kappa shape index (κ3) is 52.4. The summed E-state index contributed by atoms with van der Waals surface area (Å²) in [5, 5.41) is 13.8. The largest absolute Gasteiger partial charge is 0.756 e. The van der Waals surface area contributed by atoms with Gasteiger partial charge in [-0.3, -0.25) is 9.36 Å². The van der Waals surface area contributed by atoms with E-state index in [1.807, 2.05) is 27.2 Å². The second-order valence-corrected chi connectivity index (χ2v) is 22.4. The molecule has 2 N–H and O–H groups in total. The van der Waals surface area contributed by atoms with Gasteiger partial charge in [0.15, 0.2) is 0 Å². The standard InChI is InChI=1S/C58H113N2O6P/c1-6-8-10-12-14-16-18-20-21-22-23-24-25-26-27-28-29-30-31-32-33-34-35-36-37-38-39-40-42-44-46-48-50-52-58(62)59-56(55-66-67(63,64)65-54-53-60(3,4)5)57(61)51-49-47-45-43-41-19-17-15-13-11-9-7-2/h26-27,41,43,49,51,56-57,61H,6-25,28-40,42,44-48,50,52-55H2,1-5H3,(H-,59,62,63,64)/b27-26-,43-41+,51-49+. The number of hydrogen-bond donors (Lipinski definition) is 2. The van der Waals surface area contributed by atoms with Crippen LogP contribution in [0.2, 0.25) is 0 Å². The number of unbranched alkanes of at least 4 members (excludes halogenated alkanes) is 36. The molecule has 0 rings (SSSR count). The summed E-state index contributed by atoms with van der Waals surface area (Å²) in [5.74, 6) is -0.205. The summed E-state index contributed by atoms with van der Waals surface area (Å²) in [4.78, 5) is 25.4. The minimum absolute atomic E-state index is 0.00534. The van der Waals surface area contributed by atoms with E-state index in [0.29, 0.717) is 17.4 Å². The lowest BCUT2D eigenvalue weighted by Crippen LogP contribution is -2.45. The number of carbonyl (C=O) groups excluding carboxylic acids is 1. The average Bonchev–Trinajstić information content (AvgIpc) is 3.29. The molecular weight excluding hydrogens is 852 g/mol. The monoisotopic (exact) mass is 965 g/mol. The number of phosphoric ester groups is 1. The van der Waals surface area contributed by atoms with E-state index in [2.05, 4.69) is 43.5 Å². The number of likely N-dealkylation sites (N-methyl/N-ethyl adjacent to an activating group) is 1. The maximum Gasteiger partial charge on any atom is 0.268 e. The van der Waals surface area contributed by atoms with Gasteiger partial charge in [0, 0.05) is 6.42 Å². The normalized spacial score (nSPS) is 14.2. The van der Waals surface area contributed by atoms with Gasteiger partial charge in [-0.05, 0) is 57.8 Å². The number of aliphatic hydroxyl groups is 1. The molecule has 0 aliphatic rings. The second-order valence-electron chi connectivity index (χ2n) is 21.0. The molecule has 0 fully saturated rings. The molecule has 67 heavy (non-hydrogen) atoms. The molecule has 3 unspecified atom stereocenters. The lowest BCUT2D eigenvalue weighted by Gasteiger charge is -2.29. The van der Waals surface area contributed by atoms with Gasteiger partial charge < -0.3 is 28.8 Å². The molecule has 9 heteroatoms. The Hall–Kier alpha value is -1.28. The van der Waals surface area contributed by atoms with Crippen LogP contribution in [0.5, 0.6) is 0 Å². The summed E-state index contributed by atoms with van der Waals surface area (Å²) in [6.07, 6.45) is 63.9. The smallest absolute Gasteiger partial charge is 0.268 e. The van der Waals surface area contributed by atoms with E-state index in [0.717, 1.165) is 38.5 Å². The molecule has 0 saturated heterocycles. The highest BCUT2D eigenvalue weighted by Crippen LogP contribution is 2.38. The average molecular weight is 966 g/mol. The Balaban J connectivity index is 3.98. The van der Waals surface area contributed by atoms with Crippen LogP contribution in [0.1, 0.15) is 277 Å². The molecule has 0 saturated carbocycles. The Morgan fingerprint density at radius 2 is 0.836 bits per heavy atom. The van der Waals surface area contributed by atoms with Crippen LogP contribution in [-0.4, -0.2) is 68.5 Å². The molecular formula is C58H113N2O6P. The van der Waals surface area contributed by atoms with Crippen LogP contribution < -0.4 is 10.2 Å². The van der Waals surface area contributed by atoms with Crippen LogP contribution in [0, 0.1) is 0 Å². The van der Waals surface area contributed by atoms with Crippen molar-refractivity contribution in [3.05, 3.63) is 36.5 Å². The molecule has 0 aliphatic heterocycles. The van der Waals surface area contributed by atoms with Crippen LogP contribution in [-0.2, 0) is 18.4 Å². The van der Waals surface area contributed by atoms with Crippen molar-refractivity contribution in [1.82, 2.24) is 5.32 Å². The lowest BCUT2D eigenvalue weighted by atomic mass is 10.0. The third-order valence-corrected chi connectivity index (χ3v) is 14.0. The summed E-state index contributed by atoms with van der Waals surface area (Å²) in [6, 6.07) is -0.900. The number of hydrogen-bond acceptors (Lipinski definition) is 6. The van der Waals surface area contributed by atoms with Gasteiger partial charge in [-0.15, -0.1) is 0 Å². The lowest BCUT2D eigenvalue weighted by molar-refractivity contribution is -0.870. The van der Waals surface area contributed by atoms with E-state index >= 15 is 0 Å². The molecule has 396 valence electrons. The summed E-state index contributed by atoms with van der Waals surface area (Å²) in [7, 11) is 1.25. The molecule has 0 aliphatic carbocycles. The van der Waals surface area contributed by atoms with E-state index < -0.39 is 26.6 Å². The summed E-state index contributed by atoms with van der Waals surface area (Å²) in [5.41, 5.74) is 0. The second kappa shape index (κ2) is 49.7. The van der Waals surface area contributed by atoms with Crippen molar-refractivity contribution in [3.8, 4) is 0 Å². The van der Waals surface area contributed by atoms with Gasteiger partial charge in [-0.25, -0.2) is 0 Å². The van der Waals surface area contributed by atoms with Gasteiger partial charge in [-0.2, -0.15) is 0 Å². The Bertz CT molecular complexity index is 1190. The number of quaternary nitrogens is 1. The first kappa shape index (κ1) is 65.7. The molecule has 0 radical (unpaired) electrons. The number of nitrogens with one attached hydrogen (secondary N) is 1. The maximum atomic E-state index is 12.9. The Morgan fingerprint density at radius 3 is 1.21 bits per heavy atom. The first-order valence-corrected chi connectivity index (χ1v) is 30.3. The number of nitrogens with zero attached hydrogens (tertiary/aromatic N) is 1. The molecule has 0 heterocycles. The molecule has 0 bridgehead atoms. The fourth-order valence-corrected chi connectivity index (χ4v) is 9.24. The SMILES string of the molecule is CCCCCCCC/C=C/CC/C=C/C(O)C(COP(=O)([O-])OCC[N+](C)(C)C)NC(=O)CCCCCCCCCCCCCCCCCCC/C=C\CCCCCCCCCCCCCC. The fraction of sp³-hybridized carbons (Fsp3) is 0.879. The zero-order chi connectivity index (χ0) is 49.2. The molecule has 0 aromatic heterocycles. The number of aliphatic hydroxyl groups excluding tert-OH is 1. The minimum atomic E-state index is -4.60. The fourth-order valence-electron chi connectivity index (χ4n) is 8.52. The highest BCUT2D eigenvalue weighted by molar-refractivity contribution is 7.45. The van der Waals surface area contributed by atoms with Crippen molar-refractivity contribution in [2.75, 3.05) is 40.9 Å². The third-order valence-electron chi connectivity index (χ3n) is 13.1. The first-order valence-electron chi connectivity index (χ1n) is 28.9. The van der Waals surface area contributed by atoms with Crippen molar-refractivity contribution in [2.45, 2.75) is 289 Å². The molecule has 8 nitrogen and oxygen atoms in total. The number of rotatable bonds is 53. The van der Waals surface area contributed by atoms with E-state index in [-0.39, 0.29) is 12.5 Å². The van der Waals surface area contributed by atoms with Crippen molar-refractivity contribution >= 4 is 13.7 Å². The molecule has 0 spiro atoms. The van der Waals surface area contributed by atoms with E-state index in [1.54, 1.807) is 6.08 Å². The zero-order valence-corrected chi connectivity index (χ0v) is 46.0. The van der Waals surface area contributed by atoms with E-state index in [4.69, 9.17) is 9.05 Å². The van der Waals surface area contributed by atoms with Crippen molar-refractivity contribution in [1.29, 1.82) is 0 Å². The molecule has 1 amide bonds. The topological polar surface area (TPSA) is 108 Å². The molecule has 0 aromatic carbocycles. The number of phosphoric acid groups is 1. The van der Waals surface area contributed by atoms with Crippen LogP contribution in [0.25, 0.3) is 0 Å². The maximum absolute atomic E-state index is 12.9. The van der Waals surface area contributed by atoms with E-state index in [9.17, 15) is 19.4 Å². The Morgan fingerprint density at radius 1 is 0.507 bits per heavy atom. The summed E-state index contributed by atoms with van der Waals surface area (Å²) < 4.78 is 23.2. The van der Waals surface area contributed by atoms with Crippen molar-refractivity contribution in [3.63, 3.8) is 0 Å². The molecule has 3 atom stereocenters. The summed E-state index contributed by atoms with van der Waals surface area (Å²) >= 11 is 0. The van der Waals surface area contributed by atoms with Gasteiger partial charge in [0.1, 0.15) is 13.2 Å². The van der Waals surface area contributed by atoms with Crippen molar-refractivity contribution < 1.29 is 32.9 Å². The van der Waals surface area contributed by atoms with Crippen LogP contribution in [0.15, 0.2) is 36.5 Å². The predicted molar refractivity (Wildman–Crippen MR) is 288 cm³/mol. The van der Waals surface area contributed by atoms with Crippen LogP contribution in [0.3, 0.4) is 0 Å². The van der Waals surface area contributed by atoms with Crippen molar-refractivity contribution in [2.24, 2.45) is 0 Å². The Kier molecular flexibility index (Phi) is 48.7. The highest BCUT2D eigenvalue weighted by atomic mass is 31.2. The number of allylic oxidation sites excluding steroid dienone is 5. The zero-order valence-electron chi connectivity index (χ0n) is 45.1. The van der Waals surface area contributed by atoms with Gasteiger partial charge in [0.05, 0.1) is 39.9 Å². The highest BCUT2D eigenvalue weighted by Gasteiger charge is 2.23. The predicted octanol–water partition coefficient (Wildman–Crippen LogP) is 16.7. The quantitative estimate of drug-likeness (QED) is 0.0272. The van der Waals surface area contributed by atoms with Crippen LogP contribution >= 0.6 is 7.82 Å². The molecule has 0 aromatic rings. The van der Waals surface area contributed by atoms with Crippen LogP contribution in [0.4, 0.5) is 0 Å². The minimum Gasteiger partial charge on any atom is -0.756 e. The summed E-state index contributed by atoms with van der Waals surface area (Å²) in [6.45, 7) is 4.63. The number of carbonyl (C=O) groups is 1.